The molecule has 1 fully saturated rings. The Morgan fingerprint density at radius 1 is 0.958 bits per heavy atom. The average Bonchev–Trinajstić information content (AvgIpc) is 2.62. The molecular formula is C18H21FN2O2S. The quantitative estimate of drug-likeness (QED) is 0.853. The molecule has 1 atom stereocenters. The Balaban J connectivity index is 1.69. The molecule has 4 nitrogen and oxygen atoms in total. The van der Waals surface area contributed by atoms with Crippen LogP contribution in [0.25, 0.3) is 0 Å². The molecule has 1 aliphatic rings. The summed E-state index contributed by atoms with van der Waals surface area (Å²) in [5.41, 5.74) is 1.22. The van der Waals surface area contributed by atoms with Gasteiger partial charge in [0.15, 0.2) is 0 Å². The lowest BCUT2D eigenvalue weighted by atomic mass is 10.1. The van der Waals surface area contributed by atoms with Crippen LogP contribution < -0.4 is 0 Å². The summed E-state index contributed by atoms with van der Waals surface area (Å²) >= 11 is 0. The largest absolute Gasteiger partial charge is 0.294 e. The van der Waals surface area contributed by atoms with Crippen molar-refractivity contribution in [2.24, 2.45) is 0 Å². The second kappa shape index (κ2) is 7.01. The SMILES string of the molecule is CC(c1ccccc1)N1CCN(S(=O)(=O)c2cccc(F)c2)CC1. The summed E-state index contributed by atoms with van der Waals surface area (Å²) in [6, 6.07) is 15.6. The monoisotopic (exact) mass is 348 g/mol. The molecule has 2 aromatic carbocycles. The Bertz CT molecular complexity index is 788. The third kappa shape index (κ3) is 3.50. The Labute approximate surface area is 142 Å². The molecule has 0 radical (unpaired) electrons. The highest BCUT2D eigenvalue weighted by Crippen LogP contribution is 2.24. The van der Waals surface area contributed by atoms with Gasteiger partial charge in [-0.2, -0.15) is 4.31 Å². The zero-order valence-electron chi connectivity index (χ0n) is 13.6. The van der Waals surface area contributed by atoms with Gasteiger partial charge in [0, 0.05) is 32.2 Å². The molecule has 0 aromatic heterocycles. The van der Waals surface area contributed by atoms with Crippen molar-refractivity contribution in [2.75, 3.05) is 26.2 Å². The van der Waals surface area contributed by atoms with Crippen LogP contribution in [0.2, 0.25) is 0 Å². The van der Waals surface area contributed by atoms with E-state index in [4.69, 9.17) is 0 Å². The van der Waals surface area contributed by atoms with Gasteiger partial charge in [0.25, 0.3) is 0 Å². The van der Waals surface area contributed by atoms with Gasteiger partial charge in [-0.1, -0.05) is 36.4 Å². The van der Waals surface area contributed by atoms with E-state index < -0.39 is 15.8 Å². The zero-order chi connectivity index (χ0) is 17.2. The van der Waals surface area contributed by atoms with Crippen LogP contribution in [0.15, 0.2) is 59.5 Å². The fourth-order valence-electron chi connectivity index (χ4n) is 3.05. The molecule has 1 unspecified atom stereocenters. The molecule has 0 amide bonds. The first-order valence-electron chi connectivity index (χ1n) is 8.03. The van der Waals surface area contributed by atoms with Crippen molar-refractivity contribution in [1.82, 2.24) is 9.21 Å². The van der Waals surface area contributed by atoms with Crippen molar-refractivity contribution < 1.29 is 12.8 Å². The molecule has 0 bridgehead atoms. The summed E-state index contributed by atoms with van der Waals surface area (Å²) in [5, 5.41) is 0. The number of halogens is 1. The smallest absolute Gasteiger partial charge is 0.243 e. The highest BCUT2D eigenvalue weighted by Gasteiger charge is 2.30. The fourth-order valence-corrected chi connectivity index (χ4v) is 4.50. The number of rotatable bonds is 4. The molecule has 24 heavy (non-hydrogen) atoms. The van der Waals surface area contributed by atoms with Gasteiger partial charge in [0.2, 0.25) is 10.0 Å². The van der Waals surface area contributed by atoms with Crippen molar-refractivity contribution in [1.29, 1.82) is 0 Å². The first kappa shape index (κ1) is 17.1. The minimum Gasteiger partial charge on any atom is -0.294 e. The Hall–Kier alpha value is -1.76. The van der Waals surface area contributed by atoms with Crippen LogP contribution in [0.3, 0.4) is 0 Å². The molecule has 3 rings (SSSR count). The average molecular weight is 348 g/mol. The Kier molecular flexibility index (Phi) is 4.99. The third-order valence-electron chi connectivity index (χ3n) is 4.54. The number of hydrogen-bond acceptors (Lipinski definition) is 3. The molecule has 0 saturated carbocycles. The first-order valence-corrected chi connectivity index (χ1v) is 9.47. The summed E-state index contributed by atoms with van der Waals surface area (Å²) in [7, 11) is -3.63. The van der Waals surface area contributed by atoms with Crippen LogP contribution >= 0.6 is 0 Å². The van der Waals surface area contributed by atoms with Crippen molar-refractivity contribution in [3.05, 3.63) is 66.0 Å². The summed E-state index contributed by atoms with van der Waals surface area (Å²) in [6.07, 6.45) is 0. The molecule has 6 heteroatoms. The van der Waals surface area contributed by atoms with E-state index >= 15 is 0 Å². The van der Waals surface area contributed by atoms with Crippen LogP contribution in [0.4, 0.5) is 4.39 Å². The summed E-state index contributed by atoms with van der Waals surface area (Å²) in [6.45, 7) is 4.27. The third-order valence-corrected chi connectivity index (χ3v) is 6.43. The fraction of sp³-hybridized carbons (Fsp3) is 0.333. The van der Waals surface area contributed by atoms with Crippen molar-refractivity contribution >= 4 is 10.0 Å². The molecule has 0 N–H and O–H groups in total. The van der Waals surface area contributed by atoms with Gasteiger partial charge in [0.1, 0.15) is 5.82 Å². The summed E-state index contributed by atoms with van der Waals surface area (Å²) in [4.78, 5) is 2.29. The van der Waals surface area contributed by atoms with E-state index in [-0.39, 0.29) is 10.9 Å². The second-order valence-electron chi connectivity index (χ2n) is 5.98. The van der Waals surface area contributed by atoms with Gasteiger partial charge in [-0.05, 0) is 30.7 Å². The molecule has 1 aliphatic heterocycles. The van der Waals surface area contributed by atoms with Gasteiger partial charge in [0.05, 0.1) is 4.90 Å². The van der Waals surface area contributed by atoms with E-state index in [0.29, 0.717) is 26.2 Å². The number of nitrogens with zero attached hydrogens (tertiary/aromatic N) is 2. The van der Waals surface area contributed by atoms with Crippen LogP contribution in [-0.2, 0) is 10.0 Å². The lowest BCUT2D eigenvalue weighted by molar-refractivity contribution is 0.146. The lowest BCUT2D eigenvalue weighted by Crippen LogP contribution is -2.49. The Morgan fingerprint density at radius 3 is 2.25 bits per heavy atom. The van der Waals surface area contributed by atoms with E-state index in [1.54, 1.807) is 0 Å². The number of benzene rings is 2. The molecule has 128 valence electrons. The summed E-state index contributed by atoms with van der Waals surface area (Å²) < 4.78 is 40.0. The number of sulfonamides is 1. The maximum absolute atomic E-state index is 13.3. The van der Waals surface area contributed by atoms with E-state index in [1.165, 1.54) is 28.1 Å². The minimum absolute atomic E-state index is 0.0204. The molecular weight excluding hydrogens is 327 g/mol. The van der Waals surface area contributed by atoms with E-state index in [9.17, 15) is 12.8 Å². The van der Waals surface area contributed by atoms with Crippen molar-refractivity contribution in [3.63, 3.8) is 0 Å². The maximum atomic E-state index is 13.3. The van der Waals surface area contributed by atoms with Crippen molar-refractivity contribution in [2.45, 2.75) is 17.9 Å². The molecule has 1 saturated heterocycles. The first-order chi connectivity index (χ1) is 11.5. The second-order valence-corrected chi connectivity index (χ2v) is 7.92. The lowest BCUT2D eigenvalue weighted by Gasteiger charge is -2.37. The van der Waals surface area contributed by atoms with Crippen molar-refractivity contribution in [3.8, 4) is 0 Å². The molecule has 0 spiro atoms. The maximum Gasteiger partial charge on any atom is 0.243 e. The molecule has 1 heterocycles. The highest BCUT2D eigenvalue weighted by atomic mass is 32.2. The van der Waals surface area contributed by atoms with Crippen LogP contribution in [0.1, 0.15) is 18.5 Å². The van der Waals surface area contributed by atoms with Crippen LogP contribution in [0, 0.1) is 5.82 Å². The van der Waals surface area contributed by atoms with Gasteiger partial charge in [-0.3, -0.25) is 4.90 Å². The predicted octanol–water partition coefficient (Wildman–Crippen LogP) is 2.89. The standard InChI is InChI=1S/C18H21FN2O2S/c1-15(16-6-3-2-4-7-16)20-10-12-21(13-11-20)24(22,23)18-9-5-8-17(19)14-18/h2-9,14-15H,10-13H2,1H3. The number of piperazine rings is 1. The van der Waals surface area contributed by atoms with Crippen LogP contribution in [0.5, 0.6) is 0 Å². The molecule has 2 aromatic rings. The van der Waals surface area contributed by atoms with E-state index in [2.05, 4.69) is 24.0 Å². The van der Waals surface area contributed by atoms with Gasteiger partial charge >= 0.3 is 0 Å². The van der Waals surface area contributed by atoms with E-state index in [1.807, 2.05) is 18.2 Å². The van der Waals surface area contributed by atoms with Crippen LogP contribution in [-0.4, -0.2) is 43.8 Å². The number of hydrogen-bond donors (Lipinski definition) is 0. The predicted molar refractivity (Wildman–Crippen MR) is 91.6 cm³/mol. The highest BCUT2D eigenvalue weighted by molar-refractivity contribution is 7.89. The van der Waals surface area contributed by atoms with Gasteiger partial charge in [-0.15, -0.1) is 0 Å². The normalized spacial score (nSPS) is 18.4. The summed E-state index contributed by atoms with van der Waals surface area (Å²) in [5.74, 6) is -0.535. The van der Waals surface area contributed by atoms with Gasteiger partial charge < -0.3 is 0 Å². The topological polar surface area (TPSA) is 40.6 Å². The van der Waals surface area contributed by atoms with E-state index in [0.717, 1.165) is 6.07 Å². The molecule has 0 aliphatic carbocycles. The zero-order valence-corrected chi connectivity index (χ0v) is 14.4. The minimum atomic E-state index is -3.63. The van der Waals surface area contributed by atoms with Gasteiger partial charge in [-0.25, -0.2) is 12.8 Å². The Morgan fingerprint density at radius 2 is 1.62 bits per heavy atom.